The molecule has 1 N–H and O–H groups in total. The molecule has 31 heavy (non-hydrogen) atoms. The van der Waals surface area contributed by atoms with E-state index >= 15 is 0 Å². The number of carbonyl (C=O) groups is 1. The summed E-state index contributed by atoms with van der Waals surface area (Å²) in [6.45, 7) is 1.62. The predicted molar refractivity (Wildman–Crippen MR) is 121 cm³/mol. The Hall–Kier alpha value is -3.73. The summed E-state index contributed by atoms with van der Waals surface area (Å²) in [7, 11) is 0. The molecule has 1 amide bonds. The Morgan fingerprint density at radius 1 is 0.968 bits per heavy atom. The number of nitrogens with zero attached hydrogens (tertiary/aromatic N) is 1. The Kier molecular flexibility index (Phi) is 5.31. The van der Waals surface area contributed by atoms with E-state index in [1.807, 2.05) is 89.8 Å². The number of ether oxygens (including phenoxy) is 1. The van der Waals surface area contributed by atoms with Crippen molar-refractivity contribution in [2.45, 2.75) is 19.1 Å². The summed E-state index contributed by atoms with van der Waals surface area (Å²) in [4.78, 5) is 15.3. The summed E-state index contributed by atoms with van der Waals surface area (Å²) in [5, 5.41) is 4.43. The summed E-state index contributed by atoms with van der Waals surface area (Å²) in [5.74, 6) is 1.05. The molecule has 1 fully saturated rings. The minimum atomic E-state index is -0.0831. The molecule has 1 aliphatic heterocycles. The number of hydrogen-bond donors (Lipinski definition) is 1. The third-order valence-corrected chi connectivity index (χ3v) is 5.64. The van der Waals surface area contributed by atoms with E-state index in [4.69, 9.17) is 9.15 Å². The zero-order valence-corrected chi connectivity index (χ0v) is 17.2. The number of fused-ring (bicyclic) bond motifs is 1. The zero-order valence-electron chi connectivity index (χ0n) is 17.2. The highest BCUT2D eigenvalue weighted by molar-refractivity contribution is 5.99. The van der Waals surface area contributed by atoms with Gasteiger partial charge in [0.25, 0.3) is 5.91 Å². The van der Waals surface area contributed by atoms with Gasteiger partial charge in [-0.2, -0.15) is 0 Å². The fourth-order valence-electron chi connectivity index (χ4n) is 4.06. The van der Waals surface area contributed by atoms with Crippen LogP contribution in [0.2, 0.25) is 0 Å². The normalized spacial score (nSPS) is 15.9. The first kappa shape index (κ1) is 19.2. The van der Waals surface area contributed by atoms with E-state index in [1.165, 1.54) is 0 Å². The number of nitrogens with one attached hydrogen (secondary N) is 1. The number of hydrogen-bond acceptors (Lipinski definition) is 4. The summed E-state index contributed by atoms with van der Waals surface area (Å²) in [5.41, 5.74) is 2.57. The van der Waals surface area contributed by atoms with Crippen LogP contribution >= 0.6 is 0 Å². The lowest BCUT2D eigenvalue weighted by Gasteiger charge is -2.17. The van der Waals surface area contributed by atoms with Crippen molar-refractivity contribution < 1.29 is 13.9 Å². The largest absolute Gasteiger partial charge is 0.489 e. The molecule has 0 spiro atoms. The topological polar surface area (TPSA) is 54.7 Å². The summed E-state index contributed by atoms with van der Waals surface area (Å²) in [6, 6.07) is 27.7. The van der Waals surface area contributed by atoms with Gasteiger partial charge < -0.3 is 19.4 Å². The van der Waals surface area contributed by atoms with Gasteiger partial charge in [0.2, 0.25) is 0 Å². The number of rotatable bonds is 6. The fourth-order valence-corrected chi connectivity index (χ4v) is 4.06. The van der Waals surface area contributed by atoms with Crippen molar-refractivity contribution in [1.29, 1.82) is 0 Å². The molecule has 3 aromatic carbocycles. The number of para-hydroxylation sites is 3. The molecule has 0 saturated carbocycles. The van der Waals surface area contributed by atoms with Crippen molar-refractivity contribution in [3.63, 3.8) is 0 Å². The maximum Gasteiger partial charge on any atom is 0.290 e. The Balaban J connectivity index is 1.36. The number of benzene rings is 3. The van der Waals surface area contributed by atoms with Gasteiger partial charge in [0.05, 0.1) is 0 Å². The molecule has 5 rings (SSSR count). The third-order valence-electron chi connectivity index (χ3n) is 5.64. The maximum absolute atomic E-state index is 13.4. The van der Waals surface area contributed by atoms with Crippen LogP contribution in [-0.4, -0.2) is 29.9 Å². The van der Waals surface area contributed by atoms with Crippen LogP contribution in [-0.2, 0) is 6.61 Å². The number of likely N-dealkylation sites (tertiary alicyclic amines) is 1. The second kappa shape index (κ2) is 8.56. The summed E-state index contributed by atoms with van der Waals surface area (Å²) < 4.78 is 12.0. The first-order valence-electron chi connectivity index (χ1n) is 10.6. The molecule has 1 unspecified atom stereocenters. The minimum absolute atomic E-state index is 0.0831. The van der Waals surface area contributed by atoms with Crippen molar-refractivity contribution in [3.8, 4) is 5.75 Å². The second-order valence-corrected chi connectivity index (χ2v) is 7.75. The molecule has 0 radical (unpaired) electrons. The molecule has 4 aromatic rings. The minimum Gasteiger partial charge on any atom is -0.489 e. The molecule has 5 heteroatoms. The van der Waals surface area contributed by atoms with Crippen LogP contribution in [0.3, 0.4) is 0 Å². The monoisotopic (exact) mass is 412 g/mol. The number of amides is 1. The highest BCUT2D eigenvalue weighted by Crippen LogP contribution is 2.29. The molecular weight excluding hydrogens is 388 g/mol. The van der Waals surface area contributed by atoms with Gasteiger partial charge in [0, 0.05) is 35.8 Å². The van der Waals surface area contributed by atoms with Gasteiger partial charge in [-0.25, -0.2) is 0 Å². The average molecular weight is 412 g/mol. The van der Waals surface area contributed by atoms with Crippen LogP contribution in [0.15, 0.2) is 89.3 Å². The van der Waals surface area contributed by atoms with E-state index in [0.29, 0.717) is 24.4 Å². The van der Waals surface area contributed by atoms with Gasteiger partial charge in [-0.05, 0) is 36.8 Å². The van der Waals surface area contributed by atoms with E-state index in [-0.39, 0.29) is 18.6 Å². The molecule has 156 valence electrons. The lowest BCUT2D eigenvalue weighted by atomic mass is 10.1. The smallest absolute Gasteiger partial charge is 0.290 e. The van der Waals surface area contributed by atoms with Gasteiger partial charge in [-0.3, -0.25) is 4.79 Å². The second-order valence-electron chi connectivity index (χ2n) is 7.75. The number of furan rings is 1. The van der Waals surface area contributed by atoms with E-state index in [9.17, 15) is 4.79 Å². The highest BCUT2D eigenvalue weighted by Gasteiger charge is 2.31. The highest BCUT2D eigenvalue weighted by atomic mass is 16.5. The summed E-state index contributed by atoms with van der Waals surface area (Å²) >= 11 is 0. The zero-order chi connectivity index (χ0) is 21.0. The number of anilines is 1. The van der Waals surface area contributed by atoms with Crippen LogP contribution in [0.5, 0.6) is 5.75 Å². The van der Waals surface area contributed by atoms with Gasteiger partial charge in [-0.15, -0.1) is 0 Å². The fraction of sp³-hybridized carbons (Fsp3) is 0.192. The van der Waals surface area contributed by atoms with Crippen molar-refractivity contribution >= 4 is 22.6 Å². The lowest BCUT2D eigenvalue weighted by molar-refractivity contribution is 0.0758. The Morgan fingerprint density at radius 2 is 1.68 bits per heavy atom. The molecule has 1 aliphatic rings. The van der Waals surface area contributed by atoms with Crippen LogP contribution in [0.1, 0.15) is 22.5 Å². The molecule has 0 aliphatic carbocycles. The van der Waals surface area contributed by atoms with Crippen LogP contribution in [0.4, 0.5) is 5.69 Å². The Morgan fingerprint density at radius 3 is 2.48 bits per heavy atom. The van der Waals surface area contributed by atoms with Crippen LogP contribution < -0.4 is 10.1 Å². The van der Waals surface area contributed by atoms with Gasteiger partial charge in [0.1, 0.15) is 17.9 Å². The Labute approximate surface area is 181 Å². The lowest BCUT2D eigenvalue weighted by Crippen LogP contribution is -2.32. The summed E-state index contributed by atoms with van der Waals surface area (Å²) in [6.07, 6.45) is 0.900. The molecular formula is C26H24N2O3. The molecule has 1 aromatic heterocycles. The first-order chi connectivity index (χ1) is 15.3. The number of carbonyl (C=O) groups excluding carboxylic acids is 1. The molecule has 1 saturated heterocycles. The van der Waals surface area contributed by atoms with Crippen LogP contribution in [0, 0.1) is 0 Å². The van der Waals surface area contributed by atoms with Gasteiger partial charge >= 0.3 is 0 Å². The maximum atomic E-state index is 13.4. The first-order valence-corrected chi connectivity index (χ1v) is 10.6. The average Bonchev–Trinajstić information content (AvgIpc) is 3.43. The molecule has 5 nitrogen and oxygen atoms in total. The molecule has 0 bridgehead atoms. The van der Waals surface area contributed by atoms with Crippen LogP contribution in [0.25, 0.3) is 11.0 Å². The van der Waals surface area contributed by atoms with Gasteiger partial charge in [0.15, 0.2) is 5.76 Å². The third kappa shape index (κ3) is 4.12. The standard InChI is InChI=1S/C26H24N2O3/c29-26(28-16-15-20(17-28)27-19-9-3-1-4-10-19)25-23(18-30-21-11-5-2-6-12-21)22-13-7-8-14-24(22)31-25/h1-14,20,27H,15-18H2. The van der Waals surface area contributed by atoms with Crippen molar-refractivity contribution in [1.82, 2.24) is 4.90 Å². The van der Waals surface area contributed by atoms with E-state index in [1.54, 1.807) is 0 Å². The van der Waals surface area contributed by atoms with Crippen molar-refractivity contribution in [2.75, 3.05) is 18.4 Å². The Bertz CT molecular complexity index is 1170. The SMILES string of the molecule is O=C(c1oc2ccccc2c1COc1ccccc1)N1CCC(Nc2ccccc2)C1. The van der Waals surface area contributed by atoms with E-state index in [2.05, 4.69) is 5.32 Å². The molecule has 1 atom stereocenters. The quantitative estimate of drug-likeness (QED) is 0.465. The van der Waals surface area contributed by atoms with Crippen molar-refractivity contribution in [2.24, 2.45) is 0 Å². The van der Waals surface area contributed by atoms with Gasteiger partial charge in [-0.1, -0.05) is 54.6 Å². The van der Waals surface area contributed by atoms with E-state index in [0.717, 1.165) is 28.8 Å². The van der Waals surface area contributed by atoms with Crippen molar-refractivity contribution in [3.05, 3.63) is 96.3 Å². The predicted octanol–water partition coefficient (Wildman–Crippen LogP) is 5.34. The molecule has 2 heterocycles. The van der Waals surface area contributed by atoms with E-state index < -0.39 is 0 Å².